The fraction of sp³-hybridized carbons (Fsp3) is 0.583. The monoisotopic (exact) mass is 390 g/mol. The number of benzene rings is 1. The van der Waals surface area contributed by atoms with Gasteiger partial charge in [-0.15, -0.1) is 0 Å². The summed E-state index contributed by atoms with van der Waals surface area (Å²) in [6, 6.07) is 8.42. The van der Waals surface area contributed by atoms with Gasteiger partial charge in [-0.25, -0.2) is 0 Å². The number of allylic oxidation sites excluding steroid dienone is 2. The molecular formula is C24H38O4. The van der Waals surface area contributed by atoms with Crippen molar-refractivity contribution in [2.24, 2.45) is 0 Å². The van der Waals surface area contributed by atoms with Crippen LogP contribution >= 0.6 is 0 Å². The molecule has 0 heterocycles. The largest absolute Gasteiger partial charge is 0.501 e. The summed E-state index contributed by atoms with van der Waals surface area (Å²) in [4.78, 5) is 0. The van der Waals surface area contributed by atoms with Crippen molar-refractivity contribution in [2.75, 3.05) is 39.6 Å². The second-order valence-electron chi connectivity index (χ2n) is 6.86. The smallest absolute Gasteiger partial charge is 0.111 e. The van der Waals surface area contributed by atoms with Gasteiger partial charge < -0.3 is 18.9 Å². The molecule has 4 heteroatoms. The number of rotatable bonds is 16. The first-order valence-corrected chi connectivity index (χ1v) is 10.5. The molecule has 1 aromatic rings. The molecule has 0 atom stereocenters. The summed E-state index contributed by atoms with van der Waals surface area (Å²) in [5.74, 6) is 0. The van der Waals surface area contributed by atoms with E-state index in [2.05, 4.69) is 52.0 Å². The molecule has 0 saturated carbocycles. The molecule has 0 aliphatic heterocycles. The van der Waals surface area contributed by atoms with E-state index in [9.17, 15) is 0 Å². The fourth-order valence-electron chi connectivity index (χ4n) is 2.42. The molecule has 1 aromatic carbocycles. The van der Waals surface area contributed by atoms with Crippen LogP contribution in [0.4, 0.5) is 0 Å². The zero-order valence-electron chi connectivity index (χ0n) is 18.2. The SMILES string of the molecule is CCCCO/C=C(\C)c1cccc(/C(C)=C/OCCOCCOCCCC)c1. The lowest BCUT2D eigenvalue weighted by Gasteiger charge is -2.08. The van der Waals surface area contributed by atoms with Crippen LogP contribution in [0.2, 0.25) is 0 Å². The molecule has 0 fully saturated rings. The van der Waals surface area contributed by atoms with Crippen LogP contribution in [0.3, 0.4) is 0 Å². The van der Waals surface area contributed by atoms with Gasteiger partial charge in [0.25, 0.3) is 0 Å². The van der Waals surface area contributed by atoms with Crippen molar-refractivity contribution in [3.05, 3.63) is 47.9 Å². The van der Waals surface area contributed by atoms with Crippen LogP contribution in [0, 0.1) is 0 Å². The fourth-order valence-corrected chi connectivity index (χ4v) is 2.42. The van der Waals surface area contributed by atoms with E-state index in [0.717, 1.165) is 61.2 Å². The van der Waals surface area contributed by atoms with Crippen LogP contribution in [0.25, 0.3) is 11.1 Å². The van der Waals surface area contributed by atoms with Crippen molar-refractivity contribution in [3.63, 3.8) is 0 Å². The zero-order valence-corrected chi connectivity index (χ0v) is 18.2. The van der Waals surface area contributed by atoms with Gasteiger partial charge in [0.05, 0.1) is 39.0 Å². The second kappa shape index (κ2) is 16.2. The first-order valence-electron chi connectivity index (χ1n) is 10.5. The molecule has 0 spiro atoms. The predicted octanol–water partition coefficient (Wildman–Crippen LogP) is 6.07. The number of ether oxygens (including phenoxy) is 4. The molecule has 0 aliphatic carbocycles. The first kappa shape index (κ1) is 24.3. The van der Waals surface area contributed by atoms with Crippen molar-refractivity contribution in [1.82, 2.24) is 0 Å². The first-order chi connectivity index (χ1) is 13.7. The summed E-state index contributed by atoms with van der Waals surface area (Å²) < 4.78 is 22.2. The Labute approximate surface area is 171 Å². The highest BCUT2D eigenvalue weighted by atomic mass is 16.5. The van der Waals surface area contributed by atoms with Crippen LogP contribution in [0.1, 0.15) is 64.5 Å². The molecule has 0 N–H and O–H groups in total. The average molecular weight is 391 g/mol. The van der Waals surface area contributed by atoms with E-state index in [1.54, 1.807) is 6.26 Å². The molecule has 28 heavy (non-hydrogen) atoms. The van der Waals surface area contributed by atoms with Gasteiger partial charge in [-0.05, 0) is 55.0 Å². The van der Waals surface area contributed by atoms with Crippen molar-refractivity contribution < 1.29 is 18.9 Å². The van der Waals surface area contributed by atoms with E-state index in [4.69, 9.17) is 18.9 Å². The Kier molecular flexibility index (Phi) is 14.0. The van der Waals surface area contributed by atoms with Gasteiger partial charge in [0, 0.05) is 6.61 Å². The molecule has 0 unspecified atom stereocenters. The summed E-state index contributed by atoms with van der Waals surface area (Å²) in [6.45, 7) is 12.4. The van der Waals surface area contributed by atoms with Gasteiger partial charge in [-0.1, -0.05) is 44.9 Å². The number of unbranched alkanes of at least 4 members (excludes halogenated alkanes) is 2. The molecular weight excluding hydrogens is 352 g/mol. The third-order valence-electron chi connectivity index (χ3n) is 4.27. The highest BCUT2D eigenvalue weighted by Gasteiger charge is 2.01. The van der Waals surface area contributed by atoms with Crippen LogP contribution in [-0.4, -0.2) is 39.6 Å². The Morgan fingerprint density at radius 3 is 1.82 bits per heavy atom. The third kappa shape index (κ3) is 11.2. The van der Waals surface area contributed by atoms with E-state index in [1.807, 2.05) is 6.26 Å². The average Bonchev–Trinajstić information content (AvgIpc) is 2.72. The predicted molar refractivity (Wildman–Crippen MR) is 117 cm³/mol. The molecule has 0 amide bonds. The summed E-state index contributed by atoms with van der Waals surface area (Å²) >= 11 is 0. The molecule has 158 valence electrons. The van der Waals surface area contributed by atoms with Gasteiger partial charge in [0.2, 0.25) is 0 Å². The maximum absolute atomic E-state index is 5.62. The highest BCUT2D eigenvalue weighted by Crippen LogP contribution is 2.20. The van der Waals surface area contributed by atoms with Crippen LogP contribution in [0.15, 0.2) is 36.8 Å². The van der Waals surface area contributed by atoms with Crippen LogP contribution in [-0.2, 0) is 18.9 Å². The van der Waals surface area contributed by atoms with Gasteiger partial charge >= 0.3 is 0 Å². The Balaban J connectivity index is 2.34. The van der Waals surface area contributed by atoms with E-state index >= 15 is 0 Å². The lowest BCUT2D eigenvalue weighted by atomic mass is 10.0. The maximum atomic E-state index is 5.62. The van der Waals surface area contributed by atoms with Gasteiger partial charge in [0.1, 0.15) is 6.61 Å². The normalized spacial score (nSPS) is 12.3. The molecule has 0 radical (unpaired) electrons. The highest BCUT2D eigenvalue weighted by molar-refractivity contribution is 5.70. The molecule has 0 bridgehead atoms. The lowest BCUT2D eigenvalue weighted by molar-refractivity contribution is 0.0300. The Bertz CT molecular complexity index is 578. The molecule has 0 aliphatic rings. The van der Waals surface area contributed by atoms with Gasteiger partial charge in [-0.2, -0.15) is 0 Å². The van der Waals surface area contributed by atoms with Crippen molar-refractivity contribution >= 4 is 11.1 Å². The lowest BCUT2D eigenvalue weighted by Crippen LogP contribution is -2.08. The summed E-state index contributed by atoms with van der Waals surface area (Å²) in [7, 11) is 0. The van der Waals surface area contributed by atoms with E-state index in [1.165, 1.54) is 0 Å². The second-order valence-corrected chi connectivity index (χ2v) is 6.86. The van der Waals surface area contributed by atoms with Crippen molar-refractivity contribution in [1.29, 1.82) is 0 Å². The van der Waals surface area contributed by atoms with Crippen LogP contribution < -0.4 is 0 Å². The number of hydrogen-bond donors (Lipinski definition) is 0. The summed E-state index contributed by atoms with van der Waals surface area (Å²) in [5.41, 5.74) is 4.52. The van der Waals surface area contributed by atoms with Crippen LogP contribution in [0.5, 0.6) is 0 Å². The summed E-state index contributed by atoms with van der Waals surface area (Å²) in [5, 5.41) is 0. The van der Waals surface area contributed by atoms with E-state index < -0.39 is 0 Å². The Hall–Kier alpha value is -1.78. The minimum Gasteiger partial charge on any atom is -0.501 e. The van der Waals surface area contributed by atoms with E-state index in [-0.39, 0.29) is 0 Å². The molecule has 1 rings (SSSR count). The molecule has 0 aromatic heterocycles. The maximum Gasteiger partial charge on any atom is 0.111 e. The quantitative estimate of drug-likeness (QED) is 0.253. The Morgan fingerprint density at radius 2 is 1.21 bits per heavy atom. The van der Waals surface area contributed by atoms with Crippen molar-refractivity contribution in [3.8, 4) is 0 Å². The topological polar surface area (TPSA) is 36.9 Å². The van der Waals surface area contributed by atoms with E-state index in [0.29, 0.717) is 26.4 Å². The van der Waals surface area contributed by atoms with Gasteiger partial charge in [0.15, 0.2) is 0 Å². The Morgan fingerprint density at radius 1 is 0.714 bits per heavy atom. The third-order valence-corrected chi connectivity index (χ3v) is 4.27. The summed E-state index contributed by atoms with van der Waals surface area (Å²) in [6.07, 6.45) is 8.15. The zero-order chi connectivity index (χ0) is 20.5. The minimum atomic E-state index is 0.538. The molecule has 4 nitrogen and oxygen atoms in total. The molecule has 0 saturated heterocycles. The number of hydrogen-bond acceptors (Lipinski definition) is 4. The minimum absolute atomic E-state index is 0.538. The standard InChI is InChI=1S/C24H38O4/c1-5-7-12-25-14-15-26-16-17-28-20-22(4)24-11-9-10-23(18-24)21(3)19-27-13-8-6-2/h9-11,18-20H,5-8,12-17H2,1-4H3/b21-19+,22-20+. The van der Waals surface area contributed by atoms with Gasteiger partial charge in [-0.3, -0.25) is 0 Å². The van der Waals surface area contributed by atoms with Crippen molar-refractivity contribution in [2.45, 2.75) is 53.4 Å².